The topological polar surface area (TPSA) is 68.1 Å². The Labute approximate surface area is 124 Å². The van der Waals surface area contributed by atoms with E-state index in [1.807, 2.05) is 19.1 Å². The van der Waals surface area contributed by atoms with Crippen LogP contribution in [0.15, 0.2) is 30.5 Å². The smallest absolute Gasteiger partial charge is 0.282 e. The van der Waals surface area contributed by atoms with Crippen molar-refractivity contribution in [2.75, 3.05) is 6.54 Å². The molecule has 1 aromatic heterocycles. The molecule has 21 heavy (non-hydrogen) atoms. The van der Waals surface area contributed by atoms with Gasteiger partial charge >= 0.3 is 0 Å². The zero-order valence-corrected chi connectivity index (χ0v) is 12.7. The highest BCUT2D eigenvalue weighted by Gasteiger charge is 2.25. The van der Waals surface area contributed by atoms with Crippen LogP contribution >= 0.6 is 0 Å². The molecule has 0 saturated carbocycles. The van der Waals surface area contributed by atoms with Gasteiger partial charge in [0.2, 0.25) is 0 Å². The number of nitro groups is 1. The van der Waals surface area contributed by atoms with Crippen molar-refractivity contribution in [3.8, 4) is 0 Å². The van der Waals surface area contributed by atoms with Crippen molar-refractivity contribution in [1.29, 1.82) is 0 Å². The van der Waals surface area contributed by atoms with Crippen molar-refractivity contribution in [2.24, 2.45) is 0 Å². The summed E-state index contributed by atoms with van der Waals surface area (Å²) in [6.45, 7) is 7.11. The fourth-order valence-corrected chi connectivity index (χ4v) is 2.54. The highest BCUT2D eigenvalue weighted by molar-refractivity contribution is 5.89. The number of nitrogens with one attached hydrogen (secondary N) is 1. The van der Waals surface area contributed by atoms with Gasteiger partial charge in [0.25, 0.3) is 5.69 Å². The van der Waals surface area contributed by atoms with Gasteiger partial charge in [-0.2, -0.15) is 0 Å². The third-order valence-electron chi connectivity index (χ3n) is 3.93. The van der Waals surface area contributed by atoms with E-state index in [2.05, 4.69) is 24.1 Å². The van der Waals surface area contributed by atoms with E-state index in [0.29, 0.717) is 10.9 Å². The monoisotopic (exact) mass is 287 g/mol. The second-order valence-corrected chi connectivity index (χ2v) is 5.36. The predicted octanol–water partition coefficient (Wildman–Crippen LogP) is 3.63. The highest BCUT2D eigenvalue weighted by atomic mass is 16.6. The lowest BCUT2D eigenvalue weighted by Gasteiger charge is -2.21. The molecule has 0 amide bonds. The zero-order chi connectivity index (χ0) is 15.4. The maximum Gasteiger partial charge on any atom is 0.282 e. The molecule has 5 heteroatoms. The number of rotatable bonds is 6. The summed E-state index contributed by atoms with van der Waals surface area (Å²) in [6, 6.07) is 7.38. The summed E-state index contributed by atoms with van der Waals surface area (Å²) in [5, 5.41) is 15.5. The molecule has 0 aliphatic carbocycles. The number of aromatic nitrogens is 1. The van der Waals surface area contributed by atoms with Gasteiger partial charge in [-0.25, -0.2) is 0 Å². The molecule has 2 atom stereocenters. The second-order valence-electron chi connectivity index (χ2n) is 5.36. The summed E-state index contributed by atoms with van der Waals surface area (Å²) in [5.74, 6) is 0.0570. The molecular weight excluding hydrogens is 266 g/mol. The van der Waals surface area contributed by atoms with Crippen LogP contribution in [-0.4, -0.2) is 22.5 Å². The molecule has 0 aliphatic heterocycles. The van der Waals surface area contributed by atoms with Crippen LogP contribution in [-0.2, 0) is 0 Å². The minimum absolute atomic E-state index is 0.0570. The summed E-state index contributed by atoms with van der Waals surface area (Å²) in [7, 11) is 0. The van der Waals surface area contributed by atoms with Gasteiger partial charge in [-0.05, 0) is 44.2 Å². The third kappa shape index (κ3) is 3.19. The molecule has 0 spiro atoms. The van der Waals surface area contributed by atoms with E-state index in [0.717, 1.165) is 18.5 Å². The van der Waals surface area contributed by atoms with Gasteiger partial charge in [0, 0.05) is 23.7 Å². The van der Waals surface area contributed by atoms with Crippen LogP contribution in [0.25, 0.3) is 10.9 Å². The second kappa shape index (κ2) is 6.63. The first kappa shape index (κ1) is 15.4. The van der Waals surface area contributed by atoms with E-state index in [4.69, 9.17) is 0 Å². The Morgan fingerprint density at radius 1 is 1.33 bits per heavy atom. The van der Waals surface area contributed by atoms with Gasteiger partial charge in [-0.3, -0.25) is 15.1 Å². The molecule has 1 aromatic carbocycles. The highest BCUT2D eigenvalue weighted by Crippen LogP contribution is 2.34. The van der Waals surface area contributed by atoms with Crippen molar-refractivity contribution in [1.82, 2.24) is 10.3 Å². The number of hydrogen-bond donors (Lipinski definition) is 1. The van der Waals surface area contributed by atoms with Gasteiger partial charge in [-0.15, -0.1) is 0 Å². The number of nitro benzene ring substituents is 1. The average molecular weight is 287 g/mol. The molecule has 2 aromatic rings. The maximum absolute atomic E-state index is 11.5. The Morgan fingerprint density at radius 3 is 2.76 bits per heavy atom. The lowest BCUT2D eigenvalue weighted by atomic mass is 9.91. The fraction of sp³-hybridized carbons (Fsp3) is 0.438. The van der Waals surface area contributed by atoms with Gasteiger partial charge < -0.3 is 5.32 Å². The van der Waals surface area contributed by atoms with Crippen LogP contribution in [0.2, 0.25) is 0 Å². The van der Waals surface area contributed by atoms with E-state index < -0.39 is 0 Å². The Kier molecular flexibility index (Phi) is 4.85. The van der Waals surface area contributed by atoms with Crippen LogP contribution in [0.4, 0.5) is 5.69 Å². The summed E-state index contributed by atoms with van der Waals surface area (Å²) >= 11 is 0. The van der Waals surface area contributed by atoms with Crippen LogP contribution in [0, 0.1) is 10.1 Å². The Hall–Kier alpha value is -2.01. The molecule has 112 valence electrons. The van der Waals surface area contributed by atoms with E-state index in [1.54, 1.807) is 18.3 Å². The summed E-state index contributed by atoms with van der Waals surface area (Å²) in [6.07, 6.45) is 2.70. The van der Waals surface area contributed by atoms with E-state index >= 15 is 0 Å². The summed E-state index contributed by atoms with van der Waals surface area (Å²) in [5.41, 5.74) is 1.60. The largest absolute Gasteiger partial charge is 0.314 e. The number of benzene rings is 1. The summed E-state index contributed by atoms with van der Waals surface area (Å²) in [4.78, 5) is 15.4. The number of pyridine rings is 1. The molecule has 0 aliphatic rings. The normalized spacial score (nSPS) is 14.0. The van der Waals surface area contributed by atoms with Gasteiger partial charge in [0.1, 0.15) is 0 Å². The molecule has 0 saturated heterocycles. The Balaban J connectivity index is 2.48. The summed E-state index contributed by atoms with van der Waals surface area (Å²) < 4.78 is 0. The Bertz CT molecular complexity index is 642. The van der Waals surface area contributed by atoms with Gasteiger partial charge in [-0.1, -0.05) is 13.8 Å². The number of fused-ring (bicyclic) bond motifs is 1. The quantitative estimate of drug-likeness (QED) is 0.650. The number of nitrogens with zero attached hydrogens (tertiary/aromatic N) is 2. The SMILES string of the molecule is CCCNC(C)C(C)c1ccc2ncccc2c1[N+](=O)[O-]. The molecule has 1 N–H and O–H groups in total. The van der Waals surface area contributed by atoms with E-state index in [9.17, 15) is 10.1 Å². The molecule has 5 nitrogen and oxygen atoms in total. The first-order chi connectivity index (χ1) is 10.1. The van der Waals surface area contributed by atoms with Crippen LogP contribution in [0.1, 0.15) is 38.7 Å². The van der Waals surface area contributed by atoms with Crippen LogP contribution in [0.5, 0.6) is 0 Å². The van der Waals surface area contributed by atoms with Crippen molar-refractivity contribution in [3.05, 3.63) is 46.1 Å². The molecule has 0 bridgehead atoms. The first-order valence-corrected chi connectivity index (χ1v) is 7.31. The maximum atomic E-state index is 11.5. The third-order valence-corrected chi connectivity index (χ3v) is 3.93. The zero-order valence-electron chi connectivity index (χ0n) is 12.7. The molecule has 2 rings (SSSR count). The lowest BCUT2D eigenvalue weighted by Crippen LogP contribution is -2.31. The van der Waals surface area contributed by atoms with Crippen molar-refractivity contribution in [2.45, 2.75) is 39.2 Å². The van der Waals surface area contributed by atoms with Crippen LogP contribution < -0.4 is 5.32 Å². The minimum Gasteiger partial charge on any atom is -0.314 e. The van der Waals surface area contributed by atoms with Crippen molar-refractivity contribution < 1.29 is 4.92 Å². The molecule has 2 unspecified atom stereocenters. The van der Waals surface area contributed by atoms with Crippen molar-refractivity contribution in [3.63, 3.8) is 0 Å². The predicted molar refractivity (Wildman–Crippen MR) is 84.6 cm³/mol. The van der Waals surface area contributed by atoms with Gasteiger partial charge in [0.05, 0.1) is 15.8 Å². The molecule has 0 fully saturated rings. The minimum atomic E-state index is -0.289. The Morgan fingerprint density at radius 2 is 2.10 bits per heavy atom. The lowest BCUT2D eigenvalue weighted by molar-refractivity contribution is -0.383. The standard InChI is InChI=1S/C16H21N3O2/c1-4-9-17-12(3)11(2)13-7-8-15-14(6-5-10-18-15)16(13)19(20)21/h5-8,10-12,17H,4,9H2,1-3H3. The van der Waals surface area contributed by atoms with Crippen molar-refractivity contribution >= 4 is 16.6 Å². The average Bonchev–Trinajstić information content (AvgIpc) is 2.50. The van der Waals surface area contributed by atoms with E-state index in [1.165, 1.54) is 0 Å². The molecular formula is C16H21N3O2. The first-order valence-electron chi connectivity index (χ1n) is 7.31. The van der Waals surface area contributed by atoms with E-state index in [-0.39, 0.29) is 22.6 Å². The number of hydrogen-bond acceptors (Lipinski definition) is 4. The fourth-order valence-electron chi connectivity index (χ4n) is 2.54. The van der Waals surface area contributed by atoms with Gasteiger partial charge in [0.15, 0.2) is 0 Å². The molecule has 0 radical (unpaired) electrons. The molecule has 1 heterocycles. The van der Waals surface area contributed by atoms with Crippen LogP contribution in [0.3, 0.4) is 0 Å².